The lowest BCUT2D eigenvalue weighted by molar-refractivity contribution is 0.0865. The van der Waals surface area contributed by atoms with Crippen LogP contribution in [0.3, 0.4) is 0 Å². The molecule has 0 amide bonds. The number of benzene rings is 1. The number of aryl methyl sites for hydroxylation is 1. The Morgan fingerprint density at radius 1 is 1.54 bits per heavy atom. The molecule has 1 aromatic carbocycles. The molecule has 0 spiro atoms. The topological polar surface area (TPSA) is 41.5 Å². The molecule has 0 heterocycles. The Morgan fingerprint density at radius 2 is 2.23 bits per heavy atom. The first kappa shape index (κ1) is 10.5. The van der Waals surface area contributed by atoms with Crippen LogP contribution in [0.2, 0.25) is 0 Å². The lowest BCUT2D eigenvalue weighted by Gasteiger charge is -2.08. The molecular weight excluding hydrogens is 234 g/mol. The average molecular weight is 246 g/mol. The molecule has 0 atom stereocenters. The van der Waals surface area contributed by atoms with E-state index in [-0.39, 0.29) is 5.75 Å². The molecule has 0 radical (unpaired) electrons. The molecule has 13 heavy (non-hydrogen) atoms. The smallest absolute Gasteiger partial charge is 0.132 e. The van der Waals surface area contributed by atoms with E-state index in [1.54, 1.807) is 7.11 Å². The number of rotatable bonds is 3. The van der Waals surface area contributed by atoms with Crippen molar-refractivity contribution in [2.75, 3.05) is 7.11 Å². The minimum absolute atomic E-state index is 0.287. The van der Waals surface area contributed by atoms with Gasteiger partial charge in [0.2, 0.25) is 0 Å². The van der Waals surface area contributed by atoms with Crippen LogP contribution in [-0.4, -0.2) is 12.2 Å². The Balaban J connectivity index is 2.90. The van der Waals surface area contributed by atoms with Crippen molar-refractivity contribution in [2.45, 2.75) is 13.5 Å². The number of phenolic OH excluding ortho intramolecular Hbond substituents is 1. The molecule has 0 aliphatic heterocycles. The third kappa shape index (κ3) is 2.43. The van der Waals surface area contributed by atoms with Crippen LogP contribution in [0.15, 0.2) is 16.6 Å². The van der Waals surface area contributed by atoms with E-state index in [1.165, 1.54) is 0 Å². The van der Waals surface area contributed by atoms with Gasteiger partial charge in [0.25, 0.3) is 0 Å². The molecule has 1 aromatic rings. The van der Waals surface area contributed by atoms with E-state index in [0.29, 0.717) is 6.54 Å². The summed E-state index contributed by atoms with van der Waals surface area (Å²) in [4.78, 5) is 4.72. The second-order valence-corrected chi connectivity index (χ2v) is 3.52. The molecule has 4 heteroatoms. The Hall–Kier alpha value is -0.580. The van der Waals surface area contributed by atoms with Gasteiger partial charge >= 0.3 is 0 Å². The molecule has 0 aliphatic carbocycles. The molecule has 0 aromatic heterocycles. The summed E-state index contributed by atoms with van der Waals surface area (Å²) in [5, 5.41) is 9.57. The van der Waals surface area contributed by atoms with Gasteiger partial charge in [0.15, 0.2) is 0 Å². The quantitative estimate of drug-likeness (QED) is 0.802. The van der Waals surface area contributed by atoms with Crippen molar-refractivity contribution in [3.8, 4) is 5.75 Å². The molecule has 0 saturated carbocycles. The molecule has 3 nitrogen and oxygen atoms in total. The van der Waals surface area contributed by atoms with Crippen LogP contribution >= 0.6 is 15.9 Å². The summed E-state index contributed by atoms with van der Waals surface area (Å²) < 4.78 is 0.719. The van der Waals surface area contributed by atoms with E-state index in [1.807, 2.05) is 19.1 Å². The molecule has 72 valence electrons. The summed E-state index contributed by atoms with van der Waals surface area (Å²) >= 11 is 3.32. The average Bonchev–Trinajstić information content (AvgIpc) is 2.13. The fourth-order valence-corrected chi connectivity index (χ4v) is 1.57. The molecule has 0 bridgehead atoms. The minimum atomic E-state index is 0.287. The normalized spacial score (nSPS) is 10.4. The van der Waals surface area contributed by atoms with Gasteiger partial charge in [0, 0.05) is 6.54 Å². The zero-order valence-corrected chi connectivity index (χ0v) is 9.18. The predicted octanol–water partition coefficient (Wildman–Crippen LogP) is 2.11. The van der Waals surface area contributed by atoms with Crippen molar-refractivity contribution >= 4 is 15.9 Å². The second-order valence-electron chi connectivity index (χ2n) is 2.73. The monoisotopic (exact) mass is 245 g/mol. The van der Waals surface area contributed by atoms with Crippen LogP contribution < -0.4 is 5.48 Å². The number of halogens is 1. The molecule has 0 unspecified atom stereocenters. The van der Waals surface area contributed by atoms with Gasteiger partial charge < -0.3 is 9.94 Å². The zero-order chi connectivity index (χ0) is 9.84. The van der Waals surface area contributed by atoms with Crippen LogP contribution in [0.5, 0.6) is 5.75 Å². The van der Waals surface area contributed by atoms with Gasteiger partial charge in [0.1, 0.15) is 5.75 Å². The first-order valence-electron chi connectivity index (χ1n) is 3.89. The number of nitrogens with one attached hydrogen (secondary N) is 1. The zero-order valence-electron chi connectivity index (χ0n) is 7.60. The van der Waals surface area contributed by atoms with Gasteiger partial charge in [-0.1, -0.05) is 12.1 Å². The Labute approximate surface area is 85.8 Å². The number of hydrogen-bond acceptors (Lipinski definition) is 3. The van der Waals surface area contributed by atoms with Gasteiger partial charge in [-0.05, 0) is 34.0 Å². The molecule has 2 N–H and O–H groups in total. The first-order valence-corrected chi connectivity index (χ1v) is 4.69. The van der Waals surface area contributed by atoms with Crippen molar-refractivity contribution in [1.82, 2.24) is 5.48 Å². The molecule has 0 fully saturated rings. The number of hydroxylamine groups is 1. The Kier molecular flexibility index (Phi) is 3.71. The Morgan fingerprint density at radius 3 is 2.85 bits per heavy atom. The lowest BCUT2D eigenvalue weighted by Crippen LogP contribution is -2.11. The van der Waals surface area contributed by atoms with Gasteiger partial charge in [-0.15, -0.1) is 0 Å². The summed E-state index contributed by atoms with van der Waals surface area (Å²) in [5.74, 6) is 0.287. The Bertz CT molecular complexity index is 302. The maximum Gasteiger partial charge on any atom is 0.132 e. The van der Waals surface area contributed by atoms with Crippen LogP contribution in [0, 0.1) is 6.92 Å². The van der Waals surface area contributed by atoms with E-state index in [2.05, 4.69) is 21.4 Å². The third-order valence-corrected chi connectivity index (χ3v) is 2.69. The highest BCUT2D eigenvalue weighted by Crippen LogP contribution is 2.30. The van der Waals surface area contributed by atoms with E-state index in [0.717, 1.165) is 15.6 Å². The maximum atomic E-state index is 9.57. The predicted molar refractivity (Wildman–Crippen MR) is 54.4 cm³/mol. The molecule has 0 saturated heterocycles. The van der Waals surface area contributed by atoms with Gasteiger partial charge in [0.05, 0.1) is 11.6 Å². The number of aromatic hydroxyl groups is 1. The van der Waals surface area contributed by atoms with Crippen molar-refractivity contribution < 1.29 is 9.94 Å². The maximum absolute atomic E-state index is 9.57. The number of hydrogen-bond donors (Lipinski definition) is 2. The molecule has 0 aliphatic rings. The number of phenols is 1. The van der Waals surface area contributed by atoms with E-state index in [4.69, 9.17) is 4.84 Å². The van der Waals surface area contributed by atoms with E-state index >= 15 is 0 Å². The largest absolute Gasteiger partial charge is 0.506 e. The summed E-state index contributed by atoms with van der Waals surface area (Å²) in [7, 11) is 1.56. The minimum Gasteiger partial charge on any atom is -0.506 e. The van der Waals surface area contributed by atoms with Gasteiger partial charge in [-0.3, -0.25) is 0 Å². The molecular formula is C9H12BrNO2. The fourth-order valence-electron chi connectivity index (χ4n) is 0.989. The summed E-state index contributed by atoms with van der Waals surface area (Å²) in [6.45, 7) is 2.42. The summed E-state index contributed by atoms with van der Waals surface area (Å²) in [6.07, 6.45) is 0. The second kappa shape index (κ2) is 4.60. The van der Waals surface area contributed by atoms with Crippen molar-refractivity contribution in [2.24, 2.45) is 0 Å². The summed E-state index contributed by atoms with van der Waals surface area (Å²) in [6, 6.07) is 3.80. The highest BCUT2D eigenvalue weighted by atomic mass is 79.9. The van der Waals surface area contributed by atoms with E-state index < -0.39 is 0 Å². The lowest BCUT2D eigenvalue weighted by atomic mass is 10.1. The SMILES string of the molecule is CONCc1ccc(C)c(O)c1Br. The molecule has 1 rings (SSSR count). The van der Waals surface area contributed by atoms with E-state index in [9.17, 15) is 5.11 Å². The fraction of sp³-hybridized carbons (Fsp3) is 0.333. The van der Waals surface area contributed by atoms with Crippen LogP contribution in [-0.2, 0) is 11.4 Å². The highest BCUT2D eigenvalue weighted by molar-refractivity contribution is 9.10. The van der Waals surface area contributed by atoms with Gasteiger partial charge in [-0.2, -0.15) is 5.48 Å². The van der Waals surface area contributed by atoms with Crippen LogP contribution in [0.1, 0.15) is 11.1 Å². The third-order valence-electron chi connectivity index (χ3n) is 1.80. The first-order chi connectivity index (χ1) is 6.16. The van der Waals surface area contributed by atoms with Crippen LogP contribution in [0.4, 0.5) is 0 Å². The van der Waals surface area contributed by atoms with Crippen LogP contribution in [0.25, 0.3) is 0 Å². The highest BCUT2D eigenvalue weighted by Gasteiger charge is 2.06. The summed E-state index contributed by atoms with van der Waals surface area (Å²) in [5.41, 5.74) is 4.53. The van der Waals surface area contributed by atoms with Crippen molar-refractivity contribution in [1.29, 1.82) is 0 Å². The van der Waals surface area contributed by atoms with Crippen molar-refractivity contribution in [3.63, 3.8) is 0 Å². The van der Waals surface area contributed by atoms with Crippen molar-refractivity contribution in [3.05, 3.63) is 27.7 Å². The van der Waals surface area contributed by atoms with Gasteiger partial charge in [-0.25, -0.2) is 0 Å². The standard InChI is InChI=1S/C9H12BrNO2/c1-6-3-4-7(5-11-13-2)8(10)9(6)12/h3-4,11-12H,5H2,1-2H3.